The van der Waals surface area contributed by atoms with Gasteiger partial charge in [-0.25, -0.2) is 13.2 Å². The first-order chi connectivity index (χ1) is 14.7. The first-order valence-corrected chi connectivity index (χ1v) is 12.0. The van der Waals surface area contributed by atoms with Crippen LogP contribution in [0.5, 0.6) is 0 Å². The van der Waals surface area contributed by atoms with Crippen LogP contribution in [0.4, 0.5) is 21.9 Å². The number of amides is 2. The highest BCUT2D eigenvalue weighted by Crippen LogP contribution is 2.39. The molecule has 1 atom stereocenters. The van der Waals surface area contributed by atoms with Gasteiger partial charge in [-0.15, -0.1) is 0 Å². The summed E-state index contributed by atoms with van der Waals surface area (Å²) in [5.74, 6) is 0.199. The Hall–Kier alpha value is -3.07. The Morgan fingerprint density at radius 1 is 0.968 bits per heavy atom. The smallest absolute Gasteiger partial charge is 0.411 e. The maximum atomic E-state index is 12.1. The summed E-state index contributed by atoms with van der Waals surface area (Å²) < 4.78 is 23.3. The highest BCUT2D eigenvalue weighted by atomic mass is 32.2. The Labute approximate surface area is 181 Å². The van der Waals surface area contributed by atoms with Gasteiger partial charge in [0, 0.05) is 32.2 Å². The fraction of sp³-hybridized carbons (Fsp3) is 0.364. The van der Waals surface area contributed by atoms with Crippen molar-refractivity contribution in [2.45, 2.75) is 19.9 Å². The van der Waals surface area contributed by atoms with E-state index in [0.29, 0.717) is 24.5 Å². The fourth-order valence-electron chi connectivity index (χ4n) is 4.30. The number of hydrogen-bond donors (Lipinski definition) is 1. The van der Waals surface area contributed by atoms with Crippen LogP contribution in [0.25, 0.3) is 11.1 Å². The van der Waals surface area contributed by atoms with Gasteiger partial charge in [-0.2, -0.15) is 0 Å². The molecule has 0 spiro atoms. The number of carbonyl (C=O) groups is 2. The van der Waals surface area contributed by atoms with Crippen molar-refractivity contribution in [3.8, 4) is 11.1 Å². The molecule has 0 saturated carbocycles. The van der Waals surface area contributed by atoms with Gasteiger partial charge >= 0.3 is 6.09 Å². The van der Waals surface area contributed by atoms with Gasteiger partial charge in [0.1, 0.15) is 0 Å². The van der Waals surface area contributed by atoms with Gasteiger partial charge < -0.3 is 14.9 Å². The minimum Gasteiger partial charge on any atom is -0.465 e. The molecule has 1 saturated heterocycles. The quantitative estimate of drug-likeness (QED) is 0.767. The average Bonchev–Trinajstić information content (AvgIpc) is 2.72. The maximum Gasteiger partial charge on any atom is 0.411 e. The number of nitrogens with zero attached hydrogens (tertiary/aromatic N) is 3. The number of carboxylic acid groups (broad SMARTS) is 1. The molecule has 2 aliphatic heterocycles. The van der Waals surface area contributed by atoms with E-state index < -0.39 is 15.9 Å². The summed E-state index contributed by atoms with van der Waals surface area (Å²) in [5, 5.41) is 9.68. The molecule has 8 nitrogen and oxygen atoms in total. The highest BCUT2D eigenvalue weighted by Gasteiger charge is 2.33. The molecule has 2 heterocycles. The molecule has 1 N–H and O–H groups in total. The normalized spacial score (nSPS) is 20.3. The lowest BCUT2D eigenvalue weighted by Crippen LogP contribution is -2.51. The molecule has 2 aliphatic rings. The van der Waals surface area contributed by atoms with Crippen LogP contribution < -0.4 is 14.7 Å². The minimum atomic E-state index is -2.93. The summed E-state index contributed by atoms with van der Waals surface area (Å²) in [6, 6.07) is 13.0. The summed E-state index contributed by atoms with van der Waals surface area (Å²) in [6.07, 6.45) is -1.05. The number of fused-ring (bicyclic) bond motifs is 1. The minimum absolute atomic E-state index is 0.126. The molecule has 0 aromatic heterocycles. The number of benzene rings is 2. The van der Waals surface area contributed by atoms with Gasteiger partial charge in [-0.3, -0.25) is 9.69 Å². The highest BCUT2D eigenvalue weighted by molar-refractivity contribution is 7.91. The molecule has 2 aromatic carbocycles. The molecule has 31 heavy (non-hydrogen) atoms. The zero-order valence-electron chi connectivity index (χ0n) is 17.5. The van der Waals surface area contributed by atoms with Crippen LogP contribution in [-0.4, -0.2) is 62.7 Å². The van der Waals surface area contributed by atoms with Gasteiger partial charge in [0.05, 0.1) is 28.9 Å². The molecular formula is C22H25N3O5S. The topological polar surface area (TPSA) is 98.2 Å². The van der Waals surface area contributed by atoms with E-state index in [0.717, 1.165) is 16.8 Å². The molecule has 0 unspecified atom stereocenters. The van der Waals surface area contributed by atoms with Crippen molar-refractivity contribution in [3.05, 3.63) is 42.5 Å². The molecule has 0 radical (unpaired) electrons. The fourth-order valence-corrected chi connectivity index (χ4v) is 5.50. The lowest BCUT2D eigenvalue weighted by Gasteiger charge is -2.39. The lowest BCUT2D eigenvalue weighted by molar-refractivity contribution is -0.117. The zero-order chi connectivity index (χ0) is 22.3. The van der Waals surface area contributed by atoms with Gasteiger partial charge in [-0.1, -0.05) is 18.2 Å². The van der Waals surface area contributed by atoms with E-state index >= 15 is 0 Å². The Morgan fingerprint density at radius 3 is 2.16 bits per heavy atom. The van der Waals surface area contributed by atoms with E-state index in [9.17, 15) is 23.1 Å². The summed E-state index contributed by atoms with van der Waals surface area (Å²) in [6.45, 7) is 4.48. The zero-order valence-corrected chi connectivity index (χ0v) is 18.3. The molecular weight excluding hydrogens is 418 g/mol. The van der Waals surface area contributed by atoms with Crippen molar-refractivity contribution in [2.75, 3.05) is 45.8 Å². The van der Waals surface area contributed by atoms with E-state index in [-0.39, 0.29) is 30.0 Å². The second-order valence-electron chi connectivity index (χ2n) is 8.02. The van der Waals surface area contributed by atoms with Crippen LogP contribution in [0.15, 0.2) is 42.5 Å². The number of rotatable bonds is 2. The van der Waals surface area contributed by atoms with Crippen LogP contribution >= 0.6 is 0 Å². The number of carbonyl (C=O) groups excluding carboxylic acids is 1. The van der Waals surface area contributed by atoms with Crippen molar-refractivity contribution in [3.63, 3.8) is 0 Å². The number of anilines is 3. The number of sulfone groups is 1. The second-order valence-corrected chi connectivity index (χ2v) is 10.3. The SMILES string of the molecule is CC(=O)N1c2ccc(-c3ccc(N4CCS(=O)(=O)CC4)cc3)cc2N(C(=O)O)C[C@@H]1C. The van der Waals surface area contributed by atoms with Crippen LogP contribution in [0.3, 0.4) is 0 Å². The Balaban J connectivity index is 1.64. The monoisotopic (exact) mass is 443 g/mol. The van der Waals surface area contributed by atoms with E-state index in [1.165, 1.54) is 11.8 Å². The molecule has 4 rings (SSSR count). The van der Waals surface area contributed by atoms with Crippen molar-refractivity contribution in [1.29, 1.82) is 0 Å². The largest absolute Gasteiger partial charge is 0.465 e. The summed E-state index contributed by atoms with van der Waals surface area (Å²) in [7, 11) is -2.93. The molecule has 1 fully saturated rings. The van der Waals surface area contributed by atoms with E-state index in [1.807, 2.05) is 37.3 Å². The van der Waals surface area contributed by atoms with E-state index in [2.05, 4.69) is 4.90 Å². The van der Waals surface area contributed by atoms with Gasteiger partial charge in [0.2, 0.25) is 5.91 Å². The molecule has 0 bridgehead atoms. The molecule has 9 heteroatoms. The first kappa shape index (κ1) is 21.2. The Kier molecular flexibility index (Phi) is 5.38. The van der Waals surface area contributed by atoms with Crippen LogP contribution in [0.2, 0.25) is 0 Å². The van der Waals surface area contributed by atoms with Gasteiger partial charge in [0.25, 0.3) is 0 Å². The third-order valence-electron chi connectivity index (χ3n) is 5.89. The van der Waals surface area contributed by atoms with Crippen LogP contribution in [0.1, 0.15) is 13.8 Å². The van der Waals surface area contributed by atoms with Gasteiger partial charge in [0.15, 0.2) is 9.84 Å². The molecule has 2 amide bonds. The van der Waals surface area contributed by atoms with Crippen LogP contribution in [0, 0.1) is 0 Å². The summed E-state index contributed by atoms with van der Waals surface area (Å²) in [5.41, 5.74) is 3.79. The molecule has 0 aliphatic carbocycles. The Bertz CT molecular complexity index is 1120. The molecule has 2 aromatic rings. The second kappa shape index (κ2) is 7.88. The Morgan fingerprint density at radius 2 is 1.58 bits per heavy atom. The van der Waals surface area contributed by atoms with Crippen LogP contribution in [-0.2, 0) is 14.6 Å². The first-order valence-electron chi connectivity index (χ1n) is 10.2. The average molecular weight is 444 g/mol. The third kappa shape index (κ3) is 4.10. The van der Waals surface area contributed by atoms with E-state index in [4.69, 9.17) is 0 Å². The van der Waals surface area contributed by atoms with Gasteiger partial charge in [-0.05, 0) is 42.3 Å². The summed E-state index contributed by atoms with van der Waals surface area (Å²) in [4.78, 5) is 28.9. The maximum absolute atomic E-state index is 12.1. The van der Waals surface area contributed by atoms with Crippen molar-refractivity contribution in [1.82, 2.24) is 0 Å². The number of hydrogen-bond acceptors (Lipinski definition) is 5. The molecule has 164 valence electrons. The predicted octanol–water partition coefficient (Wildman–Crippen LogP) is 2.83. The standard InChI is InChI=1S/C22H25N3O5S/c1-15-14-24(22(27)28)21-13-18(5-8-20(21)25(15)16(2)26)17-3-6-19(7-4-17)23-9-11-31(29,30)12-10-23/h3-8,13,15H,9-12,14H2,1-2H3,(H,27,28)/t15-/m0/s1. The predicted molar refractivity (Wildman–Crippen MR) is 121 cm³/mol. The summed E-state index contributed by atoms with van der Waals surface area (Å²) >= 11 is 0. The van der Waals surface area contributed by atoms with Crippen molar-refractivity contribution >= 4 is 38.9 Å². The third-order valence-corrected chi connectivity index (χ3v) is 7.50. The van der Waals surface area contributed by atoms with E-state index in [1.54, 1.807) is 17.0 Å². The van der Waals surface area contributed by atoms with Crippen molar-refractivity contribution < 1.29 is 23.1 Å². The van der Waals surface area contributed by atoms with Crippen molar-refractivity contribution in [2.24, 2.45) is 0 Å². The lowest BCUT2D eigenvalue weighted by atomic mass is 10.0.